The van der Waals surface area contributed by atoms with Crippen LogP contribution in [0.1, 0.15) is 17.5 Å². The number of aryl methyl sites for hydroxylation is 2. The Morgan fingerprint density at radius 2 is 1.57 bits per heavy atom. The molecule has 28 heavy (non-hydrogen) atoms. The van der Waals surface area contributed by atoms with Crippen LogP contribution in [0.2, 0.25) is 0 Å². The summed E-state index contributed by atoms with van der Waals surface area (Å²) in [6, 6.07) is 16.1. The zero-order chi connectivity index (χ0) is 20.4. The first kappa shape index (κ1) is 21.8. The lowest BCUT2D eigenvalue weighted by atomic mass is 10.1. The van der Waals surface area contributed by atoms with Gasteiger partial charge in [-0.3, -0.25) is 9.59 Å². The van der Waals surface area contributed by atoms with Gasteiger partial charge in [-0.25, -0.2) is 0 Å². The number of nitrogens with zero attached hydrogens (tertiary/aromatic N) is 1. The third kappa shape index (κ3) is 8.05. The average molecular weight is 400 g/mol. The molecule has 0 unspecified atom stereocenters. The molecule has 2 amide bonds. The predicted molar refractivity (Wildman–Crippen MR) is 119 cm³/mol. The molecule has 150 valence electrons. The lowest BCUT2D eigenvalue weighted by Gasteiger charge is -2.12. The van der Waals surface area contributed by atoms with Crippen LogP contribution in [-0.4, -0.2) is 44.0 Å². The second-order valence-corrected chi connectivity index (χ2v) is 7.91. The van der Waals surface area contributed by atoms with Crippen molar-refractivity contribution in [2.75, 3.05) is 42.4 Å². The van der Waals surface area contributed by atoms with Crippen LogP contribution < -0.4 is 15.5 Å². The van der Waals surface area contributed by atoms with Gasteiger partial charge in [0.25, 0.3) is 0 Å². The van der Waals surface area contributed by atoms with E-state index in [1.54, 1.807) is 0 Å². The summed E-state index contributed by atoms with van der Waals surface area (Å²) in [7, 11) is 4.05. The third-order valence-electron chi connectivity index (χ3n) is 4.22. The molecule has 5 nitrogen and oxygen atoms in total. The maximum atomic E-state index is 11.9. The molecule has 0 aliphatic carbocycles. The quantitative estimate of drug-likeness (QED) is 0.601. The first-order valence-electron chi connectivity index (χ1n) is 9.41. The summed E-state index contributed by atoms with van der Waals surface area (Å²) in [5.41, 5.74) is 4.37. The highest BCUT2D eigenvalue weighted by Crippen LogP contribution is 2.13. The smallest absolute Gasteiger partial charge is 0.234 e. The van der Waals surface area contributed by atoms with E-state index >= 15 is 0 Å². The number of anilines is 2. The normalized spacial score (nSPS) is 10.4. The van der Waals surface area contributed by atoms with Gasteiger partial charge in [0.2, 0.25) is 11.8 Å². The van der Waals surface area contributed by atoms with Crippen molar-refractivity contribution >= 4 is 35.0 Å². The molecular formula is C22H29N3O2S. The molecule has 2 aromatic rings. The van der Waals surface area contributed by atoms with E-state index in [-0.39, 0.29) is 17.6 Å². The van der Waals surface area contributed by atoms with E-state index in [1.165, 1.54) is 23.0 Å². The molecule has 2 rings (SSSR count). The summed E-state index contributed by atoms with van der Waals surface area (Å²) in [6.45, 7) is 2.64. The Bertz CT molecular complexity index is 758. The van der Waals surface area contributed by atoms with Crippen molar-refractivity contribution in [3.63, 3.8) is 0 Å². The van der Waals surface area contributed by atoms with E-state index in [2.05, 4.69) is 39.8 Å². The highest BCUT2D eigenvalue weighted by Gasteiger charge is 2.06. The summed E-state index contributed by atoms with van der Waals surface area (Å²) in [4.78, 5) is 25.8. The van der Waals surface area contributed by atoms with Gasteiger partial charge in [0, 0.05) is 32.0 Å². The van der Waals surface area contributed by atoms with Crippen molar-refractivity contribution in [3.8, 4) is 0 Å². The van der Waals surface area contributed by atoms with Crippen molar-refractivity contribution in [3.05, 3.63) is 59.7 Å². The highest BCUT2D eigenvalue weighted by molar-refractivity contribution is 8.00. The number of rotatable bonds is 10. The maximum Gasteiger partial charge on any atom is 0.234 e. The summed E-state index contributed by atoms with van der Waals surface area (Å²) in [5.74, 6) is 0.428. The van der Waals surface area contributed by atoms with Gasteiger partial charge in [0.15, 0.2) is 0 Å². The fraction of sp³-hybridized carbons (Fsp3) is 0.364. The summed E-state index contributed by atoms with van der Waals surface area (Å²) in [6.07, 6.45) is 1.83. The van der Waals surface area contributed by atoms with Gasteiger partial charge in [-0.05, 0) is 49.6 Å². The molecule has 0 aromatic heterocycles. The molecule has 0 spiro atoms. The van der Waals surface area contributed by atoms with Crippen LogP contribution in [0.4, 0.5) is 11.4 Å². The fourth-order valence-electron chi connectivity index (χ4n) is 2.60. The average Bonchev–Trinajstić information content (AvgIpc) is 2.67. The Balaban J connectivity index is 1.56. The number of nitrogens with one attached hydrogen (secondary N) is 2. The zero-order valence-electron chi connectivity index (χ0n) is 16.8. The first-order chi connectivity index (χ1) is 13.4. The molecule has 2 N–H and O–H groups in total. The van der Waals surface area contributed by atoms with Crippen molar-refractivity contribution in [1.82, 2.24) is 5.32 Å². The standard InChI is InChI=1S/C22H29N3O2S/c1-17-6-10-19(11-7-17)24-22(27)16-28-15-21(26)23-14-4-5-18-8-12-20(13-9-18)25(2)3/h6-13H,4-5,14-16H2,1-3H3,(H,23,26)(H,24,27). The molecule has 0 bridgehead atoms. The van der Waals surface area contributed by atoms with Gasteiger partial charge < -0.3 is 15.5 Å². The van der Waals surface area contributed by atoms with Crippen LogP contribution >= 0.6 is 11.8 Å². The van der Waals surface area contributed by atoms with Crippen LogP contribution in [-0.2, 0) is 16.0 Å². The van der Waals surface area contributed by atoms with E-state index in [1.807, 2.05) is 45.3 Å². The lowest BCUT2D eigenvalue weighted by molar-refractivity contribution is -0.118. The van der Waals surface area contributed by atoms with E-state index < -0.39 is 0 Å². The second kappa shape index (κ2) is 11.4. The number of carbonyl (C=O) groups is 2. The van der Waals surface area contributed by atoms with Gasteiger partial charge >= 0.3 is 0 Å². The Morgan fingerprint density at radius 1 is 0.929 bits per heavy atom. The van der Waals surface area contributed by atoms with Gasteiger partial charge in [-0.1, -0.05) is 29.8 Å². The predicted octanol–water partition coefficient (Wildman–Crippen LogP) is 3.48. The van der Waals surface area contributed by atoms with Crippen molar-refractivity contribution in [2.24, 2.45) is 0 Å². The molecule has 0 radical (unpaired) electrons. The largest absolute Gasteiger partial charge is 0.378 e. The van der Waals surface area contributed by atoms with Crippen LogP contribution in [0.5, 0.6) is 0 Å². The van der Waals surface area contributed by atoms with Crippen molar-refractivity contribution in [1.29, 1.82) is 0 Å². The number of hydrogen-bond donors (Lipinski definition) is 2. The molecule has 0 saturated heterocycles. The molecular weight excluding hydrogens is 370 g/mol. The Kier molecular flexibility index (Phi) is 8.88. The number of hydrogen-bond acceptors (Lipinski definition) is 4. The van der Waals surface area contributed by atoms with Crippen molar-refractivity contribution in [2.45, 2.75) is 19.8 Å². The highest BCUT2D eigenvalue weighted by atomic mass is 32.2. The molecule has 0 atom stereocenters. The monoisotopic (exact) mass is 399 g/mol. The van der Waals surface area contributed by atoms with Gasteiger partial charge in [0.05, 0.1) is 11.5 Å². The topological polar surface area (TPSA) is 61.4 Å². The third-order valence-corrected chi connectivity index (χ3v) is 5.15. The van der Waals surface area contributed by atoms with E-state index in [4.69, 9.17) is 0 Å². The van der Waals surface area contributed by atoms with Crippen LogP contribution in [0.25, 0.3) is 0 Å². The van der Waals surface area contributed by atoms with Gasteiger partial charge in [-0.15, -0.1) is 11.8 Å². The molecule has 0 aliphatic rings. The Labute approximate surface area is 171 Å². The van der Waals surface area contributed by atoms with Crippen LogP contribution in [0.3, 0.4) is 0 Å². The molecule has 2 aromatic carbocycles. The van der Waals surface area contributed by atoms with E-state index in [0.29, 0.717) is 12.3 Å². The molecule has 0 aliphatic heterocycles. The van der Waals surface area contributed by atoms with Crippen LogP contribution in [0.15, 0.2) is 48.5 Å². The minimum absolute atomic E-state index is 0.0314. The Morgan fingerprint density at radius 3 is 2.21 bits per heavy atom. The lowest BCUT2D eigenvalue weighted by Crippen LogP contribution is -2.27. The number of benzene rings is 2. The first-order valence-corrected chi connectivity index (χ1v) is 10.6. The second-order valence-electron chi connectivity index (χ2n) is 6.92. The van der Waals surface area contributed by atoms with Gasteiger partial charge in [-0.2, -0.15) is 0 Å². The van der Waals surface area contributed by atoms with E-state index in [0.717, 1.165) is 24.1 Å². The summed E-state index contributed by atoms with van der Waals surface area (Å²) in [5, 5.41) is 5.74. The van der Waals surface area contributed by atoms with E-state index in [9.17, 15) is 9.59 Å². The van der Waals surface area contributed by atoms with Crippen LogP contribution in [0, 0.1) is 6.92 Å². The number of amides is 2. The molecule has 0 saturated carbocycles. The van der Waals surface area contributed by atoms with Crippen molar-refractivity contribution < 1.29 is 9.59 Å². The number of thioether (sulfide) groups is 1. The zero-order valence-corrected chi connectivity index (χ0v) is 17.6. The summed E-state index contributed by atoms with van der Waals surface area (Å²) >= 11 is 1.32. The fourth-order valence-corrected chi connectivity index (χ4v) is 3.25. The molecule has 6 heteroatoms. The van der Waals surface area contributed by atoms with Gasteiger partial charge in [0.1, 0.15) is 0 Å². The summed E-state index contributed by atoms with van der Waals surface area (Å²) < 4.78 is 0. The number of carbonyl (C=O) groups excluding carboxylic acids is 2. The minimum Gasteiger partial charge on any atom is -0.378 e. The minimum atomic E-state index is -0.0946. The molecule has 0 fully saturated rings. The Hall–Kier alpha value is -2.47. The molecule has 0 heterocycles. The SMILES string of the molecule is Cc1ccc(NC(=O)CSCC(=O)NCCCc2ccc(N(C)C)cc2)cc1. The maximum absolute atomic E-state index is 11.9.